The summed E-state index contributed by atoms with van der Waals surface area (Å²) in [5, 5.41) is 22.9. The number of aliphatic hydroxyl groups is 1. The summed E-state index contributed by atoms with van der Waals surface area (Å²) in [7, 11) is 0. The fraction of sp³-hybridized carbons (Fsp3) is 0.143. The van der Waals surface area contributed by atoms with Gasteiger partial charge in [-0.15, -0.1) is 0 Å². The minimum atomic E-state index is -0.418. The number of nitro groups is 1. The Kier molecular flexibility index (Phi) is 4.10. The van der Waals surface area contributed by atoms with Crippen LogP contribution in [-0.4, -0.2) is 10.0 Å². The van der Waals surface area contributed by atoms with Gasteiger partial charge in [0.05, 0.1) is 11.5 Å². The molecule has 2 aromatic rings. The van der Waals surface area contributed by atoms with Crippen molar-refractivity contribution in [3.8, 4) is 0 Å². The maximum absolute atomic E-state index is 10.5. The van der Waals surface area contributed by atoms with Crippen LogP contribution in [0.3, 0.4) is 0 Å². The van der Waals surface area contributed by atoms with Gasteiger partial charge in [0.15, 0.2) is 0 Å². The fourth-order valence-electron chi connectivity index (χ4n) is 1.76. The van der Waals surface area contributed by atoms with Gasteiger partial charge < -0.3 is 10.4 Å². The molecule has 0 heterocycles. The van der Waals surface area contributed by atoms with E-state index in [2.05, 4.69) is 5.32 Å². The van der Waals surface area contributed by atoms with E-state index in [1.165, 1.54) is 12.1 Å². The van der Waals surface area contributed by atoms with E-state index in [1.807, 2.05) is 24.3 Å². The monoisotopic (exact) mass is 258 g/mol. The molecule has 0 saturated heterocycles. The third kappa shape index (κ3) is 3.29. The molecule has 0 radical (unpaired) electrons. The van der Waals surface area contributed by atoms with Gasteiger partial charge in [0.2, 0.25) is 0 Å². The summed E-state index contributed by atoms with van der Waals surface area (Å²) in [5.74, 6) is 0. The number of nitrogens with zero attached hydrogens (tertiary/aromatic N) is 1. The lowest BCUT2D eigenvalue weighted by atomic mass is 10.1. The van der Waals surface area contributed by atoms with Crippen LogP contribution in [0.1, 0.15) is 11.1 Å². The van der Waals surface area contributed by atoms with E-state index < -0.39 is 4.92 Å². The Morgan fingerprint density at radius 2 is 1.79 bits per heavy atom. The van der Waals surface area contributed by atoms with Crippen LogP contribution in [0.25, 0.3) is 0 Å². The van der Waals surface area contributed by atoms with Gasteiger partial charge >= 0.3 is 0 Å². The average molecular weight is 258 g/mol. The molecule has 0 aliphatic heterocycles. The summed E-state index contributed by atoms with van der Waals surface area (Å²) in [4.78, 5) is 10.1. The van der Waals surface area contributed by atoms with E-state index in [4.69, 9.17) is 0 Å². The number of aliphatic hydroxyl groups excluding tert-OH is 1. The Morgan fingerprint density at radius 3 is 2.42 bits per heavy atom. The Balaban J connectivity index is 2.04. The second kappa shape index (κ2) is 5.97. The van der Waals surface area contributed by atoms with Crippen molar-refractivity contribution >= 4 is 11.4 Å². The minimum absolute atomic E-state index is 0.0244. The van der Waals surface area contributed by atoms with Crippen molar-refractivity contribution in [2.24, 2.45) is 0 Å². The molecule has 98 valence electrons. The van der Waals surface area contributed by atoms with Crippen LogP contribution in [0, 0.1) is 10.1 Å². The Morgan fingerprint density at radius 1 is 1.11 bits per heavy atom. The van der Waals surface area contributed by atoms with Crippen LogP contribution < -0.4 is 5.32 Å². The molecule has 2 rings (SSSR count). The summed E-state index contributed by atoms with van der Waals surface area (Å²) in [6.45, 7) is 0.526. The standard InChI is InChI=1S/C14H14N2O3/c17-10-12-3-1-2-4-14(12)15-9-11-5-7-13(8-6-11)16(18)19/h1-8,15,17H,9-10H2. The first-order valence-electron chi connectivity index (χ1n) is 5.86. The van der Waals surface area contributed by atoms with Gasteiger partial charge in [-0.05, 0) is 11.6 Å². The van der Waals surface area contributed by atoms with Crippen molar-refractivity contribution in [1.29, 1.82) is 0 Å². The van der Waals surface area contributed by atoms with Crippen molar-refractivity contribution in [3.05, 3.63) is 69.8 Å². The lowest BCUT2D eigenvalue weighted by Crippen LogP contribution is -2.02. The second-order valence-corrected chi connectivity index (χ2v) is 4.09. The topological polar surface area (TPSA) is 75.4 Å². The lowest BCUT2D eigenvalue weighted by Gasteiger charge is -2.10. The second-order valence-electron chi connectivity index (χ2n) is 4.09. The predicted octanol–water partition coefficient (Wildman–Crippen LogP) is 2.70. The van der Waals surface area contributed by atoms with Crippen molar-refractivity contribution in [2.75, 3.05) is 5.32 Å². The van der Waals surface area contributed by atoms with Crippen LogP contribution >= 0.6 is 0 Å². The number of hydrogen-bond acceptors (Lipinski definition) is 4. The van der Waals surface area contributed by atoms with Crippen LogP contribution in [-0.2, 0) is 13.2 Å². The predicted molar refractivity (Wildman–Crippen MR) is 72.8 cm³/mol. The number of rotatable bonds is 5. The maximum Gasteiger partial charge on any atom is 0.269 e. The molecular formula is C14H14N2O3. The molecule has 5 nitrogen and oxygen atoms in total. The van der Waals surface area contributed by atoms with Gasteiger partial charge in [0.1, 0.15) is 0 Å². The summed E-state index contributed by atoms with van der Waals surface area (Å²) in [5.41, 5.74) is 2.71. The molecule has 0 unspecified atom stereocenters. The van der Waals surface area contributed by atoms with Crippen molar-refractivity contribution in [3.63, 3.8) is 0 Å². The lowest BCUT2D eigenvalue weighted by molar-refractivity contribution is -0.384. The smallest absolute Gasteiger partial charge is 0.269 e. The molecule has 0 bridgehead atoms. The highest BCUT2D eigenvalue weighted by atomic mass is 16.6. The Hall–Kier alpha value is -2.40. The molecule has 0 fully saturated rings. The van der Waals surface area contributed by atoms with Gasteiger partial charge in [-0.25, -0.2) is 0 Å². The van der Waals surface area contributed by atoms with Crippen LogP contribution in [0.5, 0.6) is 0 Å². The molecule has 0 aliphatic rings. The third-order valence-corrected chi connectivity index (χ3v) is 2.82. The summed E-state index contributed by atoms with van der Waals surface area (Å²) < 4.78 is 0. The highest BCUT2D eigenvalue weighted by Gasteiger charge is 2.04. The molecule has 0 amide bonds. The zero-order valence-corrected chi connectivity index (χ0v) is 10.2. The van der Waals surface area contributed by atoms with Gasteiger partial charge in [-0.3, -0.25) is 10.1 Å². The van der Waals surface area contributed by atoms with Gasteiger partial charge in [0.25, 0.3) is 5.69 Å². The number of nitro benzene ring substituents is 1. The van der Waals surface area contributed by atoms with Gasteiger partial charge in [-0.1, -0.05) is 30.3 Å². The molecule has 19 heavy (non-hydrogen) atoms. The van der Waals surface area contributed by atoms with E-state index in [-0.39, 0.29) is 12.3 Å². The average Bonchev–Trinajstić information content (AvgIpc) is 2.45. The number of benzene rings is 2. The van der Waals surface area contributed by atoms with E-state index in [0.717, 1.165) is 16.8 Å². The van der Waals surface area contributed by atoms with Crippen LogP contribution in [0.2, 0.25) is 0 Å². The molecule has 0 aromatic heterocycles. The fourth-order valence-corrected chi connectivity index (χ4v) is 1.76. The molecule has 2 aromatic carbocycles. The number of hydrogen-bond donors (Lipinski definition) is 2. The summed E-state index contributed by atoms with van der Waals surface area (Å²) in [6.07, 6.45) is 0. The summed E-state index contributed by atoms with van der Waals surface area (Å²) >= 11 is 0. The van der Waals surface area contributed by atoms with Gasteiger partial charge in [0, 0.05) is 29.9 Å². The highest BCUT2D eigenvalue weighted by molar-refractivity contribution is 5.51. The molecule has 0 aliphatic carbocycles. The summed E-state index contributed by atoms with van der Waals surface area (Å²) in [6, 6.07) is 13.9. The quantitative estimate of drug-likeness (QED) is 0.638. The van der Waals surface area contributed by atoms with Crippen molar-refractivity contribution < 1.29 is 10.0 Å². The number of nitrogens with one attached hydrogen (secondary N) is 1. The first-order valence-corrected chi connectivity index (χ1v) is 5.86. The first kappa shape index (κ1) is 13.0. The van der Waals surface area contributed by atoms with E-state index in [1.54, 1.807) is 12.1 Å². The molecule has 0 saturated carbocycles. The molecular weight excluding hydrogens is 244 g/mol. The highest BCUT2D eigenvalue weighted by Crippen LogP contribution is 2.17. The van der Waals surface area contributed by atoms with E-state index in [0.29, 0.717) is 6.54 Å². The van der Waals surface area contributed by atoms with Crippen LogP contribution in [0.4, 0.5) is 11.4 Å². The number of anilines is 1. The first-order chi connectivity index (χ1) is 9.20. The van der Waals surface area contributed by atoms with Gasteiger partial charge in [-0.2, -0.15) is 0 Å². The molecule has 5 heteroatoms. The largest absolute Gasteiger partial charge is 0.392 e. The number of para-hydroxylation sites is 1. The van der Waals surface area contributed by atoms with Crippen LogP contribution in [0.15, 0.2) is 48.5 Å². The third-order valence-electron chi connectivity index (χ3n) is 2.82. The zero-order valence-electron chi connectivity index (χ0n) is 10.2. The normalized spacial score (nSPS) is 10.2. The van der Waals surface area contributed by atoms with Crippen molar-refractivity contribution in [2.45, 2.75) is 13.2 Å². The van der Waals surface area contributed by atoms with Crippen molar-refractivity contribution in [1.82, 2.24) is 0 Å². The van der Waals surface area contributed by atoms with E-state index >= 15 is 0 Å². The minimum Gasteiger partial charge on any atom is -0.392 e. The maximum atomic E-state index is 10.5. The molecule has 0 atom stereocenters. The Labute approximate surface area is 110 Å². The Bertz CT molecular complexity index is 567. The SMILES string of the molecule is O=[N+]([O-])c1ccc(CNc2ccccc2CO)cc1. The van der Waals surface area contributed by atoms with E-state index in [9.17, 15) is 15.2 Å². The number of non-ortho nitro benzene ring substituents is 1. The molecule has 0 spiro atoms. The molecule has 2 N–H and O–H groups in total. The zero-order chi connectivity index (χ0) is 13.7.